The zero-order valence-electron chi connectivity index (χ0n) is 11.3. The van der Waals surface area contributed by atoms with Crippen LogP contribution in [0.2, 0.25) is 0 Å². The molecule has 1 amide bonds. The van der Waals surface area contributed by atoms with Gasteiger partial charge in [-0.3, -0.25) is 4.79 Å². The van der Waals surface area contributed by atoms with Gasteiger partial charge in [0.05, 0.1) is 22.9 Å². The Bertz CT molecular complexity index is 676. The Hall–Kier alpha value is -2.40. The lowest BCUT2D eigenvalue weighted by Crippen LogP contribution is -2.29. The normalized spacial score (nSPS) is 10.5. The topological polar surface area (TPSA) is 113 Å². The van der Waals surface area contributed by atoms with E-state index in [0.29, 0.717) is 0 Å². The van der Waals surface area contributed by atoms with Gasteiger partial charge >= 0.3 is 5.97 Å². The van der Waals surface area contributed by atoms with Crippen LogP contribution >= 0.6 is 0 Å². The largest absolute Gasteiger partial charge is 0.452 e. The van der Waals surface area contributed by atoms with Gasteiger partial charge in [-0.1, -0.05) is 12.1 Å². The zero-order valence-corrected chi connectivity index (χ0v) is 12.1. The van der Waals surface area contributed by atoms with Crippen molar-refractivity contribution >= 4 is 21.7 Å². The van der Waals surface area contributed by atoms with Crippen LogP contribution in [0.1, 0.15) is 16.8 Å². The number of hydrogen-bond acceptors (Lipinski definition) is 6. The first-order valence-corrected chi connectivity index (χ1v) is 7.85. The third-order valence-corrected chi connectivity index (χ3v) is 3.55. The van der Waals surface area contributed by atoms with Crippen LogP contribution in [-0.2, 0) is 19.4 Å². The second-order valence-electron chi connectivity index (χ2n) is 4.10. The molecule has 112 valence electrons. The Morgan fingerprint density at radius 1 is 1.33 bits per heavy atom. The second-order valence-corrected chi connectivity index (χ2v) is 6.09. The Morgan fingerprint density at radius 3 is 2.62 bits per heavy atom. The molecule has 21 heavy (non-hydrogen) atoms. The molecular weight excluding hydrogens is 296 g/mol. The minimum atomic E-state index is -3.57. The lowest BCUT2D eigenvalue weighted by molar-refractivity contribution is -0.124. The van der Waals surface area contributed by atoms with Gasteiger partial charge in [-0.05, 0) is 12.1 Å². The van der Waals surface area contributed by atoms with Crippen LogP contribution < -0.4 is 5.32 Å². The number of nitrogens with zero attached hydrogens (tertiary/aromatic N) is 1. The fourth-order valence-corrected chi connectivity index (χ4v) is 2.35. The first-order valence-electron chi connectivity index (χ1n) is 5.96. The molecule has 0 unspecified atom stereocenters. The Morgan fingerprint density at radius 2 is 2.00 bits per heavy atom. The quantitative estimate of drug-likeness (QED) is 0.596. The molecule has 1 aromatic carbocycles. The molecular formula is C13H14N2O5S. The Balaban J connectivity index is 2.70. The van der Waals surface area contributed by atoms with Gasteiger partial charge in [0.2, 0.25) is 0 Å². The summed E-state index contributed by atoms with van der Waals surface area (Å²) in [4.78, 5) is 23.0. The highest BCUT2D eigenvalue weighted by Gasteiger charge is 2.19. The molecule has 0 aliphatic carbocycles. The van der Waals surface area contributed by atoms with Crippen LogP contribution in [-0.4, -0.2) is 39.7 Å². The van der Waals surface area contributed by atoms with Crippen molar-refractivity contribution in [3.05, 3.63) is 29.8 Å². The maximum absolute atomic E-state index is 11.8. The lowest BCUT2D eigenvalue weighted by atomic mass is 10.2. The third-order valence-electron chi connectivity index (χ3n) is 2.40. The molecule has 1 aromatic rings. The van der Waals surface area contributed by atoms with E-state index >= 15 is 0 Å². The molecule has 0 aliphatic rings. The monoisotopic (exact) mass is 310 g/mol. The number of ether oxygens (including phenoxy) is 1. The average Bonchev–Trinajstić information content (AvgIpc) is 2.44. The molecule has 0 aromatic heterocycles. The van der Waals surface area contributed by atoms with Crippen molar-refractivity contribution in [2.75, 3.05) is 19.4 Å². The van der Waals surface area contributed by atoms with E-state index in [4.69, 9.17) is 10.00 Å². The molecule has 0 aliphatic heterocycles. The summed E-state index contributed by atoms with van der Waals surface area (Å²) < 4.78 is 27.9. The van der Waals surface area contributed by atoms with Crippen LogP contribution in [0.25, 0.3) is 0 Å². The highest BCUT2D eigenvalue weighted by molar-refractivity contribution is 7.90. The van der Waals surface area contributed by atoms with E-state index in [0.717, 1.165) is 6.26 Å². The van der Waals surface area contributed by atoms with Crippen LogP contribution in [0.3, 0.4) is 0 Å². The summed E-state index contributed by atoms with van der Waals surface area (Å²) in [6.45, 7) is -0.380. The predicted molar refractivity (Wildman–Crippen MR) is 73.1 cm³/mol. The molecule has 8 heteroatoms. The van der Waals surface area contributed by atoms with Gasteiger partial charge in [-0.15, -0.1) is 0 Å². The van der Waals surface area contributed by atoms with E-state index in [-0.39, 0.29) is 23.4 Å². The molecule has 0 saturated carbocycles. The number of sulfone groups is 1. The van der Waals surface area contributed by atoms with E-state index < -0.39 is 28.3 Å². The minimum Gasteiger partial charge on any atom is -0.452 e. The van der Waals surface area contributed by atoms with Crippen LogP contribution in [0.15, 0.2) is 29.2 Å². The molecule has 1 N–H and O–H groups in total. The highest BCUT2D eigenvalue weighted by Crippen LogP contribution is 2.16. The Kier molecular flexibility index (Phi) is 5.87. The summed E-state index contributed by atoms with van der Waals surface area (Å²) in [6, 6.07) is 7.44. The van der Waals surface area contributed by atoms with Gasteiger partial charge in [0.25, 0.3) is 5.91 Å². The minimum absolute atomic E-state index is 0.121. The summed E-state index contributed by atoms with van der Waals surface area (Å²) >= 11 is 0. The molecule has 7 nitrogen and oxygen atoms in total. The summed E-state index contributed by atoms with van der Waals surface area (Å²) in [5, 5.41) is 10.7. The molecule has 0 heterocycles. The van der Waals surface area contributed by atoms with Crippen molar-refractivity contribution in [2.24, 2.45) is 0 Å². The van der Waals surface area contributed by atoms with Gasteiger partial charge in [-0.25, -0.2) is 13.2 Å². The van der Waals surface area contributed by atoms with Crippen molar-refractivity contribution in [3.63, 3.8) is 0 Å². The smallest absolute Gasteiger partial charge is 0.339 e. The molecule has 0 radical (unpaired) electrons. The SMILES string of the molecule is CS(=O)(=O)c1ccccc1C(=O)OCC(=O)NCCC#N. The van der Waals surface area contributed by atoms with Crippen molar-refractivity contribution in [1.82, 2.24) is 5.32 Å². The van der Waals surface area contributed by atoms with Crippen LogP contribution in [0.4, 0.5) is 0 Å². The number of amides is 1. The van der Waals surface area contributed by atoms with E-state index in [1.54, 1.807) is 0 Å². The number of rotatable bonds is 6. The number of nitriles is 1. The Labute approximate surface area is 122 Å². The zero-order chi connectivity index (χ0) is 15.9. The van der Waals surface area contributed by atoms with E-state index in [9.17, 15) is 18.0 Å². The number of benzene rings is 1. The summed E-state index contributed by atoms with van der Waals surface area (Å²) in [5.74, 6) is -1.46. The van der Waals surface area contributed by atoms with Gasteiger partial charge in [0.1, 0.15) is 0 Å². The molecule has 0 spiro atoms. The van der Waals surface area contributed by atoms with E-state index in [1.165, 1.54) is 24.3 Å². The molecule has 0 atom stereocenters. The van der Waals surface area contributed by atoms with Crippen molar-refractivity contribution < 1.29 is 22.7 Å². The first kappa shape index (κ1) is 16.7. The molecule has 0 saturated heterocycles. The molecule has 0 bridgehead atoms. The van der Waals surface area contributed by atoms with Crippen molar-refractivity contribution in [2.45, 2.75) is 11.3 Å². The summed E-state index contributed by atoms with van der Waals surface area (Å²) in [5.41, 5.74) is -0.121. The molecule has 1 rings (SSSR count). The summed E-state index contributed by atoms with van der Waals surface area (Å²) in [6.07, 6.45) is 1.13. The lowest BCUT2D eigenvalue weighted by Gasteiger charge is -2.08. The fourth-order valence-electron chi connectivity index (χ4n) is 1.48. The maximum Gasteiger partial charge on any atom is 0.339 e. The number of carbonyl (C=O) groups excluding carboxylic acids is 2. The van der Waals surface area contributed by atoms with Gasteiger partial charge in [0, 0.05) is 12.8 Å². The molecule has 0 fully saturated rings. The predicted octanol–water partition coefficient (Wildman–Crippen LogP) is 0.277. The maximum atomic E-state index is 11.8. The van der Waals surface area contributed by atoms with E-state index in [1.807, 2.05) is 6.07 Å². The number of esters is 1. The number of nitrogens with one attached hydrogen (secondary N) is 1. The second kappa shape index (κ2) is 7.40. The van der Waals surface area contributed by atoms with E-state index in [2.05, 4.69) is 5.32 Å². The van der Waals surface area contributed by atoms with Crippen LogP contribution in [0, 0.1) is 11.3 Å². The van der Waals surface area contributed by atoms with Gasteiger partial charge in [-0.2, -0.15) is 5.26 Å². The van der Waals surface area contributed by atoms with Crippen molar-refractivity contribution in [1.29, 1.82) is 5.26 Å². The number of hydrogen-bond donors (Lipinski definition) is 1. The average molecular weight is 310 g/mol. The fraction of sp³-hybridized carbons (Fsp3) is 0.308. The van der Waals surface area contributed by atoms with Gasteiger partial charge in [0.15, 0.2) is 16.4 Å². The number of carbonyl (C=O) groups is 2. The highest BCUT2D eigenvalue weighted by atomic mass is 32.2. The van der Waals surface area contributed by atoms with Crippen LogP contribution in [0.5, 0.6) is 0 Å². The third kappa shape index (κ3) is 5.24. The standard InChI is InChI=1S/C13H14N2O5S/c1-21(18,19)11-6-3-2-5-10(11)13(17)20-9-12(16)15-8-4-7-14/h2-3,5-6H,4,8-9H2,1H3,(H,15,16). The van der Waals surface area contributed by atoms with Crippen molar-refractivity contribution in [3.8, 4) is 6.07 Å². The van der Waals surface area contributed by atoms with Gasteiger partial charge < -0.3 is 10.1 Å². The summed E-state index contributed by atoms with van der Waals surface area (Å²) in [7, 11) is -3.57. The first-order chi connectivity index (χ1) is 9.86.